The molecule has 0 spiro atoms. The SMILES string of the molecule is CCCCOc1ccc(Nc2ncnc(N3CCN(Cc4ccc5c(c4)OCO5)CC3)c2N)cc1. The number of ether oxygens (including phenoxy) is 3. The predicted molar refractivity (Wildman–Crippen MR) is 137 cm³/mol. The van der Waals surface area contributed by atoms with Crippen molar-refractivity contribution in [2.24, 2.45) is 0 Å². The number of hydrogen-bond acceptors (Lipinski definition) is 9. The largest absolute Gasteiger partial charge is 0.494 e. The molecule has 0 radical (unpaired) electrons. The highest BCUT2D eigenvalue weighted by Crippen LogP contribution is 2.33. The van der Waals surface area contributed by atoms with Crippen molar-refractivity contribution in [2.75, 3.05) is 55.5 Å². The summed E-state index contributed by atoms with van der Waals surface area (Å²) in [6.45, 7) is 7.57. The molecule has 3 N–H and O–H groups in total. The molecule has 35 heavy (non-hydrogen) atoms. The summed E-state index contributed by atoms with van der Waals surface area (Å²) in [5.41, 5.74) is 9.17. The van der Waals surface area contributed by atoms with Crippen molar-refractivity contribution >= 4 is 23.0 Å². The van der Waals surface area contributed by atoms with E-state index >= 15 is 0 Å². The Labute approximate surface area is 205 Å². The molecule has 0 atom stereocenters. The topological polar surface area (TPSA) is 98.0 Å². The van der Waals surface area contributed by atoms with Crippen molar-refractivity contribution in [1.29, 1.82) is 0 Å². The van der Waals surface area contributed by atoms with E-state index in [0.717, 1.165) is 80.9 Å². The molecule has 3 heterocycles. The second kappa shape index (κ2) is 10.7. The smallest absolute Gasteiger partial charge is 0.231 e. The zero-order chi connectivity index (χ0) is 24.0. The number of anilines is 4. The van der Waals surface area contributed by atoms with E-state index in [-0.39, 0.29) is 0 Å². The molecule has 1 saturated heterocycles. The molecule has 9 heteroatoms. The lowest BCUT2D eigenvalue weighted by atomic mass is 10.1. The second-order valence-electron chi connectivity index (χ2n) is 8.76. The van der Waals surface area contributed by atoms with Crippen LogP contribution in [-0.2, 0) is 6.54 Å². The summed E-state index contributed by atoms with van der Waals surface area (Å²) in [5.74, 6) is 3.88. The van der Waals surface area contributed by atoms with Gasteiger partial charge in [-0.15, -0.1) is 0 Å². The number of benzene rings is 2. The quantitative estimate of drug-likeness (QED) is 0.444. The van der Waals surface area contributed by atoms with Crippen molar-refractivity contribution in [2.45, 2.75) is 26.3 Å². The Morgan fingerprint density at radius 2 is 1.80 bits per heavy atom. The Morgan fingerprint density at radius 3 is 2.60 bits per heavy atom. The van der Waals surface area contributed by atoms with Gasteiger partial charge in [-0.3, -0.25) is 4.90 Å². The van der Waals surface area contributed by atoms with Gasteiger partial charge in [0.15, 0.2) is 23.1 Å². The van der Waals surface area contributed by atoms with Gasteiger partial charge in [0.1, 0.15) is 17.8 Å². The number of nitrogens with one attached hydrogen (secondary N) is 1. The van der Waals surface area contributed by atoms with Crippen LogP contribution >= 0.6 is 0 Å². The zero-order valence-electron chi connectivity index (χ0n) is 20.1. The Balaban J connectivity index is 1.17. The van der Waals surface area contributed by atoms with Crippen molar-refractivity contribution in [3.05, 3.63) is 54.4 Å². The van der Waals surface area contributed by atoms with Gasteiger partial charge in [-0.2, -0.15) is 0 Å². The molecule has 0 unspecified atom stereocenters. The van der Waals surface area contributed by atoms with Gasteiger partial charge < -0.3 is 30.2 Å². The van der Waals surface area contributed by atoms with E-state index in [1.165, 1.54) is 5.56 Å². The van der Waals surface area contributed by atoms with Crippen LogP contribution in [0.3, 0.4) is 0 Å². The standard InChI is InChI=1S/C26H32N6O3/c1-2-3-14-33-21-7-5-20(6-8-21)30-25-24(27)26(29-17-28-25)32-12-10-31(11-13-32)16-19-4-9-22-23(15-19)35-18-34-22/h4-9,15,17H,2-3,10-14,16,18,27H2,1H3,(H,28,29,30). The molecule has 2 aromatic carbocycles. The molecule has 1 aromatic heterocycles. The first-order chi connectivity index (χ1) is 17.2. The first-order valence-corrected chi connectivity index (χ1v) is 12.2. The average molecular weight is 477 g/mol. The lowest BCUT2D eigenvalue weighted by molar-refractivity contribution is 0.174. The molecule has 9 nitrogen and oxygen atoms in total. The molecule has 5 rings (SSSR count). The van der Waals surface area contributed by atoms with Crippen LogP contribution in [0.15, 0.2) is 48.8 Å². The van der Waals surface area contributed by atoms with Gasteiger partial charge in [0.2, 0.25) is 6.79 Å². The maximum atomic E-state index is 6.49. The number of aromatic nitrogens is 2. The first kappa shape index (κ1) is 23.0. The monoisotopic (exact) mass is 476 g/mol. The van der Waals surface area contributed by atoms with Crippen LogP contribution in [0.25, 0.3) is 0 Å². The summed E-state index contributed by atoms with van der Waals surface area (Å²) < 4.78 is 16.7. The average Bonchev–Trinajstić information content (AvgIpc) is 3.35. The van der Waals surface area contributed by atoms with E-state index in [4.69, 9.17) is 19.9 Å². The number of rotatable bonds is 9. The molecule has 0 bridgehead atoms. The number of unbranched alkanes of at least 4 members (excludes halogenated alkanes) is 1. The van der Waals surface area contributed by atoms with Crippen LogP contribution in [0.5, 0.6) is 17.2 Å². The molecular weight excluding hydrogens is 444 g/mol. The second-order valence-corrected chi connectivity index (χ2v) is 8.76. The van der Waals surface area contributed by atoms with Gasteiger partial charge in [-0.25, -0.2) is 9.97 Å². The van der Waals surface area contributed by atoms with Gasteiger partial charge in [0, 0.05) is 38.4 Å². The van der Waals surface area contributed by atoms with E-state index in [1.54, 1.807) is 6.33 Å². The van der Waals surface area contributed by atoms with E-state index in [0.29, 0.717) is 18.3 Å². The summed E-state index contributed by atoms with van der Waals surface area (Å²) in [4.78, 5) is 13.5. The zero-order valence-corrected chi connectivity index (χ0v) is 20.1. The fourth-order valence-corrected chi connectivity index (χ4v) is 4.26. The van der Waals surface area contributed by atoms with Gasteiger partial charge in [0.25, 0.3) is 0 Å². The number of nitrogens with two attached hydrogens (primary N) is 1. The Bertz CT molecular complexity index is 1130. The highest BCUT2D eigenvalue weighted by molar-refractivity contribution is 5.78. The highest BCUT2D eigenvalue weighted by Gasteiger charge is 2.22. The number of hydrogen-bond donors (Lipinski definition) is 2. The van der Waals surface area contributed by atoms with E-state index in [1.807, 2.05) is 30.3 Å². The highest BCUT2D eigenvalue weighted by atomic mass is 16.7. The normalized spacial score (nSPS) is 15.3. The summed E-state index contributed by atoms with van der Waals surface area (Å²) in [5, 5.41) is 3.32. The number of nitrogens with zero attached hydrogens (tertiary/aromatic N) is 4. The minimum absolute atomic E-state index is 0.299. The van der Waals surface area contributed by atoms with Gasteiger partial charge in [-0.05, 0) is 48.4 Å². The van der Waals surface area contributed by atoms with E-state index in [9.17, 15) is 0 Å². The van der Waals surface area contributed by atoms with Crippen LogP contribution < -0.4 is 30.2 Å². The maximum Gasteiger partial charge on any atom is 0.231 e. The predicted octanol–water partition coefficient (Wildman–Crippen LogP) is 4.03. The summed E-state index contributed by atoms with van der Waals surface area (Å²) in [7, 11) is 0. The van der Waals surface area contributed by atoms with E-state index < -0.39 is 0 Å². The first-order valence-electron chi connectivity index (χ1n) is 12.2. The Kier molecular flexibility index (Phi) is 7.04. The number of nitrogen functional groups attached to an aromatic ring is 1. The van der Waals surface area contributed by atoms with Crippen molar-refractivity contribution < 1.29 is 14.2 Å². The summed E-state index contributed by atoms with van der Waals surface area (Å²) >= 11 is 0. The minimum Gasteiger partial charge on any atom is -0.494 e. The fourth-order valence-electron chi connectivity index (χ4n) is 4.26. The molecule has 184 valence electrons. The van der Waals surface area contributed by atoms with Crippen LogP contribution in [-0.4, -0.2) is 54.4 Å². The van der Waals surface area contributed by atoms with Gasteiger partial charge in [0.05, 0.1) is 6.61 Å². The van der Waals surface area contributed by atoms with Crippen molar-refractivity contribution in [3.63, 3.8) is 0 Å². The van der Waals surface area contributed by atoms with Crippen molar-refractivity contribution in [1.82, 2.24) is 14.9 Å². The van der Waals surface area contributed by atoms with Crippen LogP contribution in [0.2, 0.25) is 0 Å². The van der Waals surface area contributed by atoms with Gasteiger partial charge >= 0.3 is 0 Å². The summed E-state index contributed by atoms with van der Waals surface area (Å²) in [6.07, 6.45) is 3.73. The molecule has 0 aliphatic carbocycles. The molecule has 1 fully saturated rings. The van der Waals surface area contributed by atoms with E-state index in [2.05, 4.69) is 44.1 Å². The third kappa shape index (κ3) is 5.51. The van der Waals surface area contributed by atoms with Crippen LogP contribution in [0.4, 0.5) is 23.0 Å². The fraction of sp³-hybridized carbons (Fsp3) is 0.385. The molecule has 2 aliphatic heterocycles. The lowest BCUT2D eigenvalue weighted by Gasteiger charge is -2.36. The van der Waals surface area contributed by atoms with Crippen molar-refractivity contribution in [3.8, 4) is 17.2 Å². The molecule has 0 amide bonds. The third-order valence-electron chi connectivity index (χ3n) is 6.26. The number of piperazine rings is 1. The Hall–Kier alpha value is -3.72. The lowest BCUT2D eigenvalue weighted by Crippen LogP contribution is -2.46. The Morgan fingerprint density at radius 1 is 1.00 bits per heavy atom. The number of fused-ring (bicyclic) bond motifs is 1. The molecule has 3 aromatic rings. The van der Waals surface area contributed by atoms with Crippen LogP contribution in [0, 0.1) is 0 Å². The van der Waals surface area contributed by atoms with Gasteiger partial charge in [-0.1, -0.05) is 19.4 Å². The minimum atomic E-state index is 0.299. The molecule has 0 saturated carbocycles. The maximum absolute atomic E-state index is 6.49. The molecule has 2 aliphatic rings. The van der Waals surface area contributed by atoms with Crippen LogP contribution in [0.1, 0.15) is 25.3 Å². The third-order valence-corrected chi connectivity index (χ3v) is 6.26. The summed E-state index contributed by atoms with van der Waals surface area (Å²) in [6, 6.07) is 14.0. The molecular formula is C26H32N6O3.